The second kappa shape index (κ2) is 5.00. The Morgan fingerprint density at radius 1 is 0.909 bits per heavy atom. The number of amides is 4. The van der Waals surface area contributed by atoms with Gasteiger partial charge < -0.3 is 5.11 Å². The molecule has 1 aliphatic rings. The number of rotatable bonds is 2. The summed E-state index contributed by atoms with van der Waals surface area (Å²) in [6.07, 6.45) is -1.49. The molecule has 1 fully saturated rings. The molecule has 110 valence electrons. The van der Waals surface area contributed by atoms with Crippen molar-refractivity contribution in [3.8, 4) is 0 Å². The molecule has 3 rings (SSSR count). The van der Waals surface area contributed by atoms with Gasteiger partial charge in [-0.15, -0.1) is 0 Å². The Hall–Kier alpha value is -3.15. The van der Waals surface area contributed by atoms with E-state index < -0.39 is 23.6 Å². The number of carboxylic acid groups (broad SMARTS) is 1. The fourth-order valence-electron chi connectivity index (χ4n) is 2.77. The number of benzene rings is 2. The molecule has 1 aliphatic heterocycles. The first-order valence-corrected chi connectivity index (χ1v) is 6.58. The quantitative estimate of drug-likeness (QED) is 0.831. The van der Waals surface area contributed by atoms with Crippen LogP contribution in [0.3, 0.4) is 0 Å². The molecule has 0 radical (unpaired) electrons. The van der Waals surface area contributed by atoms with E-state index in [0.717, 1.165) is 0 Å². The zero-order valence-corrected chi connectivity index (χ0v) is 11.4. The second-order valence-corrected chi connectivity index (χ2v) is 4.82. The summed E-state index contributed by atoms with van der Waals surface area (Å²) in [7, 11) is 0. The fourth-order valence-corrected chi connectivity index (χ4v) is 2.77. The topological polar surface area (TPSA) is 86.7 Å². The van der Waals surface area contributed by atoms with E-state index >= 15 is 0 Å². The molecule has 0 bridgehead atoms. The third-order valence-electron chi connectivity index (χ3n) is 3.66. The molecule has 0 saturated carbocycles. The van der Waals surface area contributed by atoms with Gasteiger partial charge in [-0.3, -0.25) is 10.1 Å². The molecule has 6 heteroatoms. The monoisotopic (exact) mass is 296 g/mol. The number of nitrogens with one attached hydrogen (secondary N) is 1. The van der Waals surface area contributed by atoms with Gasteiger partial charge >= 0.3 is 12.1 Å². The highest BCUT2D eigenvalue weighted by molar-refractivity contribution is 6.14. The van der Waals surface area contributed by atoms with Crippen LogP contribution in [-0.2, 0) is 10.3 Å². The minimum absolute atomic E-state index is 0.409. The van der Waals surface area contributed by atoms with E-state index in [4.69, 9.17) is 0 Å². The maximum absolute atomic E-state index is 12.6. The molecular weight excluding hydrogens is 284 g/mol. The lowest BCUT2D eigenvalue weighted by Crippen LogP contribution is -2.50. The lowest BCUT2D eigenvalue weighted by Gasteiger charge is -2.32. The predicted molar refractivity (Wildman–Crippen MR) is 77.1 cm³/mol. The van der Waals surface area contributed by atoms with Crippen LogP contribution in [-0.4, -0.2) is 28.0 Å². The molecule has 1 heterocycles. The average molecular weight is 296 g/mol. The van der Waals surface area contributed by atoms with Gasteiger partial charge in [0.05, 0.1) is 0 Å². The average Bonchev–Trinajstić information content (AvgIpc) is 2.80. The first-order chi connectivity index (χ1) is 10.6. The first kappa shape index (κ1) is 13.8. The van der Waals surface area contributed by atoms with Crippen LogP contribution in [0.25, 0.3) is 0 Å². The molecule has 0 aromatic heterocycles. The van der Waals surface area contributed by atoms with Crippen LogP contribution in [0.4, 0.5) is 9.59 Å². The highest BCUT2D eigenvalue weighted by atomic mass is 16.4. The zero-order chi connectivity index (χ0) is 15.7. The molecule has 2 N–H and O–H groups in total. The van der Waals surface area contributed by atoms with Crippen molar-refractivity contribution < 1.29 is 19.5 Å². The molecule has 1 saturated heterocycles. The summed E-state index contributed by atoms with van der Waals surface area (Å²) in [4.78, 5) is 36.8. The second-order valence-electron chi connectivity index (χ2n) is 4.82. The minimum Gasteiger partial charge on any atom is -0.465 e. The van der Waals surface area contributed by atoms with Crippen LogP contribution in [0.15, 0.2) is 60.7 Å². The van der Waals surface area contributed by atoms with Crippen molar-refractivity contribution in [2.45, 2.75) is 5.54 Å². The third-order valence-corrected chi connectivity index (χ3v) is 3.66. The summed E-state index contributed by atoms with van der Waals surface area (Å²) in [5.41, 5.74) is -0.898. The summed E-state index contributed by atoms with van der Waals surface area (Å²) in [6, 6.07) is 15.8. The molecule has 22 heavy (non-hydrogen) atoms. The number of hydrogen-bond donors (Lipinski definition) is 2. The van der Waals surface area contributed by atoms with Gasteiger partial charge in [-0.1, -0.05) is 60.7 Å². The van der Waals surface area contributed by atoms with Crippen molar-refractivity contribution in [2.24, 2.45) is 0 Å². The van der Waals surface area contributed by atoms with E-state index in [0.29, 0.717) is 16.0 Å². The summed E-state index contributed by atoms with van der Waals surface area (Å²) in [5.74, 6) is -0.683. The zero-order valence-electron chi connectivity index (χ0n) is 11.4. The van der Waals surface area contributed by atoms with Gasteiger partial charge in [-0.05, 0) is 11.1 Å². The van der Waals surface area contributed by atoms with E-state index in [2.05, 4.69) is 5.32 Å². The predicted octanol–water partition coefficient (Wildman–Crippen LogP) is 2.16. The standard InChI is InChI=1S/C16H12N2O4/c19-13-16(11-7-3-1-4-8-11,12-9-5-2-6-10-12)18(15(21)22)14(20)17-13/h1-10H,(H,21,22)(H,17,19,20). The normalized spacial score (nSPS) is 16.5. The number of imide groups is 2. The van der Waals surface area contributed by atoms with Gasteiger partial charge in [0, 0.05) is 0 Å². The number of carbonyl (C=O) groups is 3. The van der Waals surface area contributed by atoms with Crippen LogP contribution in [0.2, 0.25) is 0 Å². The van der Waals surface area contributed by atoms with Gasteiger partial charge in [0.15, 0.2) is 5.54 Å². The number of carbonyl (C=O) groups excluding carboxylic acids is 2. The lowest BCUT2D eigenvalue weighted by atomic mass is 9.81. The van der Waals surface area contributed by atoms with Gasteiger partial charge in [0.1, 0.15) is 0 Å². The summed E-state index contributed by atoms with van der Waals surface area (Å²) < 4.78 is 0. The number of hydrogen-bond acceptors (Lipinski definition) is 3. The van der Waals surface area contributed by atoms with Crippen LogP contribution in [0, 0.1) is 0 Å². The van der Waals surface area contributed by atoms with Crippen molar-refractivity contribution in [3.63, 3.8) is 0 Å². The Bertz CT molecular complexity index is 704. The van der Waals surface area contributed by atoms with Crippen molar-refractivity contribution >= 4 is 18.0 Å². The molecule has 2 aromatic rings. The van der Waals surface area contributed by atoms with E-state index in [1.807, 2.05) is 0 Å². The highest BCUT2D eigenvalue weighted by Crippen LogP contribution is 2.39. The molecule has 0 atom stereocenters. The third kappa shape index (κ3) is 1.77. The number of nitrogens with zero attached hydrogens (tertiary/aromatic N) is 1. The maximum atomic E-state index is 12.6. The van der Waals surface area contributed by atoms with Gasteiger partial charge in [-0.2, -0.15) is 0 Å². The largest absolute Gasteiger partial charge is 0.465 e. The Kier molecular flexibility index (Phi) is 3.14. The number of urea groups is 1. The van der Waals surface area contributed by atoms with Gasteiger partial charge in [0.2, 0.25) is 0 Å². The highest BCUT2D eigenvalue weighted by Gasteiger charge is 2.58. The Morgan fingerprint density at radius 3 is 1.77 bits per heavy atom. The Morgan fingerprint density at radius 2 is 1.36 bits per heavy atom. The lowest BCUT2D eigenvalue weighted by molar-refractivity contribution is -0.124. The SMILES string of the molecule is O=C(O)N1C(=O)NC(=O)C1(c1ccccc1)c1ccccc1. The van der Waals surface area contributed by atoms with Crippen molar-refractivity contribution in [2.75, 3.05) is 0 Å². The Labute approximate surface area is 126 Å². The minimum atomic E-state index is -1.72. The maximum Gasteiger partial charge on any atom is 0.417 e. The van der Waals surface area contributed by atoms with E-state index in [-0.39, 0.29) is 0 Å². The molecule has 0 spiro atoms. The van der Waals surface area contributed by atoms with E-state index in [1.54, 1.807) is 60.7 Å². The van der Waals surface area contributed by atoms with E-state index in [9.17, 15) is 19.5 Å². The molecule has 0 aliphatic carbocycles. The summed E-state index contributed by atoms with van der Waals surface area (Å²) in [6.45, 7) is 0. The Balaban J connectivity index is 2.35. The van der Waals surface area contributed by atoms with Crippen LogP contribution < -0.4 is 5.32 Å². The smallest absolute Gasteiger partial charge is 0.417 e. The van der Waals surface area contributed by atoms with Crippen molar-refractivity contribution in [1.29, 1.82) is 0 Å². The molecule has 6 nitrogen and oxygen atoms in total. The molecule has 2 aromatic carbocycles. The first-order valence-electron chi connectivity index (χ1n) is 6.58. The fraction of sp³-hybridized carbons (Fsp3) is 0.0625. The van der Waals surface area contributed by atoms with Crippen LogP contribution in [0.5, 0.6) is 0 Å². The molecular formula is C16H12N2O4. The molecule has 4 amide bonds. The molecule has 0 unspecified atom stereocenters. The van der Waals surface area contributed by atoms with Crippen LogP contribution in [0.1, 0.15) is 11.1 Å². The van der Waals surface area contributed by atoms with Crippen LogP contribution >= 0.6 is 0 Å². The van der Waals surface area contributed by atoms with Crippen molar-refractivity contribution in [3.05, 3.63) is 71.8 Å². The van der Waals surface area contributed by atoms with Gasteiger partial charge in [-0.25, -0.2) is 14.5 Å². The van der Waals surface area contributed by atoms with E-state index in [1.165, 1.54) is 0 Å². The van der Waals surface area contributed by atoms with Crippen molar-refractivity contribution in [1.82, 2.24) is 10.2 Å². The summed E-state index contributed by atoms with van der Waals surface area (Å²) >= 11 is 0. The van der Waals surface area contributed by atoms with Gasteiger partial charge in [0.25, 0.3) is 5.91 Å². The summed E-state index contributed by atoms with van der Waals surface area (Å²) in [5, 5.41) is 11.6.